The summed E-state index contributed by atoms with van der Waals surface area (Å²) in [5.41, 5.74) is 2.36. The number of aliphatic hydroxyl groups is 1. The summed E-state index contributed by atoms with van der Waals surface area (Å²) >= 11 is 0. The lowest BCUT2D eigenvalue weighted by Gasteiger charge is -2.06. The number of hydrogen-bond acceptors (Lipinski definition) is 2. The van der Waals surface area contributed by atoms with Gasteiger partial charge in [0, 0.05) is 18.7 Å². The van der Waals surface area contributed by atoms with Gasteiger partial charge in [-0.3, -0.25) is 0 Å². The molecule has 1 aromatic rings. The van der Waals surface area contributed by atoms with Crippen LogP contribution >= 0.6 is 0 Å². The molecule has 0 aliphatic rings. The quantitative estimate of drug-likeness (QED) is 0.762. The number of hydrogen-bond donors (Lipinski definition) is 1. The molecule has 0 saturated carbocycles. The van der Waals surface area contributed by atoms with Crippen molar-refractivity contribution in [1.82, 2.24) is 9.55 Å². The molecule has 0 aliphatic carbocycles. The van der Waals surface area contributed by atoms with E-state index in [1.54, 1.807) is 0 Å². The molecule has 0 aliphatic heterocycles. The summed E-state index contributed by atoms with van der Waals surface area (Å²) in [5.74, 6) is 1.09. The molecule has 1 heterocycles. The van der Waals surface area contributed by atoms with Crippen LogP contribution < -0.4 is 0 Å². The Balaban J connectivity index is 3.05. The molecule has 3 nitrogen and oxygen atoms in total. The van der Waals surface area contributed by atoms with Crippen molar-refractivity contribution < 1.29 is 5.11 Å². The second kappa shape index (κ2) is 4.42. The summed E-state index contributed by atoms with van der Waals surface area (Å²) in [7, 11) is 0. The highest BCUT2D eigenvalue weighted by Crippen LogP contribution is 2.11. The van der Waals surface area contributed by atoms with E-state index >= 15 is 0 Å². The molecule has 74 valence electrons. The van der Waals surface area contributed by atoms with Crippen molar-refractivity contribution in [2.45, 2.75) is 40.2 Å². The Morgan fingerprint density at radius 2 is 2.00 bits per heavy atom. The second-order valence-electron chi connectivity index (χ2n) is 3.14. The Bertz CT molecular complexity index is 279. The van der Waals surface area contributed by atoms with E-state index in [0.717, 1.165) is 24.4 Å². The number of nitrogens with zero attached hydrogens (tertiary/aromatic N) is 2. The lowest BCUT2D eigenvalue weighted by molar-refractivity contribution is 0.273. The van der Waals surface area contributed by atoms with E-state index in [2.05, 4.69) is 30.3 Å². The van der Waals surface area contributed by atoms with E-state index in [1.807, 2.05) is 0 Å². The van der Waals surface area contributed by atoms with Crippen molar-refractivity contribution >= 4 is 0 Å². The molecule has 0 radical (unpaired) electrons. The van der Waals surface area contributed by atoms with Gasteiger partial charge in [-0.05, 0) is 13.3 Å². The highest BCUT2D eigenvalue weighted by molar-refractivity contribution is 5.15. The van der Waals surface area contributed by atoms with Crippen molar-refractivity contribution in [1.29, 1.82) is 0 Å². The van der Waals surface area contributed by atoms with Gasteiger partial charge >= 0.3 is 0 Å². The third-order valence-corrected chi connectivity index (χ3v) is 2.37. The summed E-state index contributed by atoms with van der Waals surface area (Å²) in [4.78, 5) is 4.52. The van der Waals surface area contributed by atoms with Crippen LogP contribution in [0.4, 0.5) is 0 Å². The van der Waals surface area contributed by atoms with Gasteiger partial charge in [-0.25, -0.2) is 4.98 Å². The molecular formula is C10H18N2O. The maximum Gasteiger partial charge on any atom is 0.108 e. The molecule has 1 aromatic heterocycles. The highest BCUT2D eigenvalue weighted by atomic mass is 16.3. The zero-order valence-corrected chi connectivity index (χ0v) is 8.67. The molecule has 0 spiro atoms. The minimum absolute atomic E-state index is 0.188. The Hall–Kier alpha value is -0.830. The fraction of sp³-hybridized carbons (Fsp3) is 0.700. The minimum atomic E-state index is 0.188. The van der Waals surface area contributed by atoms with Crippen molar-refractivity contribution in [2.75, 3.05) is 6.61 Å². The van der Waals surface area contributed by atoms with Crippen LogP contribution in [-0.4, -0.2) is 21.3 Å². The lowest BCUT2D eigenvalue weighted by atomic mass is 10.3. The Kier molecular flexibility index (Phi) is 3.48. The molecule has 0 fully saturated rings. The van der Waals surface area contributed by atoms with Crippen LogP contribution in [0.15, 0.2) is 0 Å². The van der Waals surface area contributed by atoms with Gasteiger partial charge in [0.1, 0.15) is 5.82 Å². The van der Waals surface area contributed by atoms with Crippen LogP contribution in [0.1, 0.15) is 31.1 Å². The van der Waals surface area contributed by atoms with E-state index in [0.29, 0.717) is 6.54 Å². The van der Waals surface area contributed by atoms with Gasteiger partial charge in [0.15, 0.2) is 0 Å². The van der Waals surface area contributed by atoms with E-state index in [-0.39, 0.29) is 6.61 Å². The summed E-state index contributed by atoms with van der Waals surface area (Å²) in [6.07, 6.45) is 1.90. The molecule has 1 rings (SSSR count). The van der Waals surface area contributed by atoms with Crippen LogP contribution in [0.2, 0.25) is 0 Å². The number of aromatic nitrogens is 2. The van der Waals surface area contributed by atoms with E-state index < -0.39 is 0 Å². The smallest absolute Gasteiger partial charge is 0.108 e. The first-order chi connectivity index (χ1) is 6.24. The van der Waals surface area contributed by atoms with Gasteiger partial charge in [-0.2, -0.15) is 0 Å². The SMILES string of the molecule is CCc1nc(CC)n(CCO)c1C. The maximum absolute atomic E-state index is 8.90. The zero-order chi connectivity index (χ0) is 9.84. The molecule has 0 atom stereocenters. The topological polar surface area (TPSA) is 38.0 Å². The predicted octanol–water partition coefficient (Wildman–Crippen LogP) is 1.31. The van der Waals surface area contributed by atoms with Crippen molar-refractivity contribution in [3.05, 3.63) is 17.2 Å². The molecule has 0 saturated heterocycles. The largest absolute Gasteiger partial charge is 0.395 e. The van der Waals surface area contributed by atoms with E-state index in [4.69, 9.17) is 5.11 Å². The Labute approximate surface area is 79.4 Å². The molecular weight excluding hydrogens is 164 g/mol. The first-order valence-electron chi connectivity index (χ1n) is 4.90. The van der Waals surface area contributed by atoms with Gasteiger partial charge < -0.3 is 9.67 Å². The van der Waals surface area contributed by atoms with Crippen LogP contribution in [0, 0.1) is 6.92 Å². The van der Waals surface area contributed by atoms with Crippen LogP contribution in [0.25, 0.3) is 0 Å². The minimum Gasteiger partial charge on any atom is -0.395 e. The van der Waals surface area contributed by atoms with E-state index in [9.17, 15) is 0 Å². The number of rotatable bonds is 4. The summed E-state index contributed by atoms with van der Waals surface area (Å²) in [6.45, 7) is 7.13. The van der Waals surface area contributed by atoms with E-state index in [1.165, 1.54) is 5.69 Å². The average Bonchev–Trinajstić information content (AvgIpc) is 2.45. The molecule has 1 N–H and O–H groups in total. The first-order valence-corrected chi connectivity index (χ1v) is 4.90. The van der Waals surface area contributed by atoms with Crippen molar-refractivity contribution in [3.63, 3.8) is 0 Å². The summed E-state index contributed by atoms with van der Waals surface area (Å²) in [6, 6.07) is 0. The first kappa shape index (κ1) is 10.3. The Morgan fingerprint density at radius 3 is 2.46 bits per heavy atom. The third-order valence-electron chi connectivity index (χ3n) is 2.37. The standard InChI is InChI=1S/C10H18N2O/c1-4-9-8(3)12(6-7-13)10(5-2)11-9/h13H,4-7H2,1-3H3. The van der Waals surface area contributed by atoms with Crippen molar-refractivity contribution in [2.24, 2.45) is 0 Å². The highest BCUT2D eigenvalue weighted by Gasteiger charge is 2.09. The molecule has 0 amide bonds. The van der Waals surface area contributed by atoms with Gasteiger partial charge in [0.25, 0.3) is 0 Å². The Morgan fingerprint density at radius 1 is 1.31 bits per heavy atom. The average molecular weight is 182 g/mol. The second-order valence-corrected chi connectivity index (χ2v) is 3.14. The summed E-state index contributed by atoms with van der Waals surface area (Å²) < 4.78 is 2.11. The lowest BCUT2D eigenvalue weighted by Crippen LogP contribution is -2.07. The normalized spacial score (nSPS) is 10.8. The number of aliphatic hydroxyl groups excluding tert-OH is 1. The van der Waals surface area contributed by atoms with Crippen LogP contribution in [-0.2, 0) is 19.4 Å². The maximum atomic E-state index is 8.90. The fourth-order valence-corrected chi connectivity index (χ4v) is 1.65. The van der Waals surface area contributed by atoms with Gasteiger partial charge in [0.05, 0.1) is 12.3 Å². The third kappa shape index (κ3) is 1.91. The van der Waals surface area contributed by atoms with Gasteiger partial charge in [-0.15, -0.1) is 0 Å². The fourth-order valence-electron chi connectivity index (χ4n) is 1.65. The molecule has 0 unspecified atom stereocenters. The van der Waals surface area contributed by atoms with Crippen LogP contribution in [0.3, 0.4) is 0 Å². The molecule has 0 bridgehead atoms. The van der Waals surface area contributed by atoms with Gasteiger partial charge in [-0.1, -0.05) is 13.8 Å². The molecule has 13 heavy (non-hydrogen) atoms. The predicted molar refractivity (Wildman–Crippen MR) is 52.8 cm³/mol. The van der Waals surface area contributed by atoms with Crippen molar-refractivity contribution in [3.8, 4) is 0 Å². The monoisotopic (exact) mass is 182 g/mol. The number of aryl methyl sites for hydroxylation is 2. The van der Waals surface area contributed by atoms with Gasteiger partial charge in [0.2, 0.25) is 0 Å². The number of imidazole rings is 1. The zero-order valence-electron chi connectivity index (χ0n) is 8.67. The molecule has 3 heteroatoms. The van der Waals surface area contributed by atoms with Crippen LogP contribution in [0.5, 0.6) is 0 Å². The summed E-state index contributed by atoms with van der Waals surface area (Å²) in [5, 5.41) is 8.90. The molecule has 0 aromatic carbocycles.